The molecular formula is C23H19FN4O2S. The number of carbonyl (C=O) groups is 1. The van der Waals surface area contributed by atoms with Gasteiger partial charge in [0.1, 0.15) is 18.2 Å². The van der Waals surface area contributed by atoms with Gasteiger partial charge in [-0.3, -0.25) is 9.78 Å². The van der Waals surface area contributed by atoms with Crippen molar-refractivity contribution in [3.63, 3.8) is 0 Å². The maximum atomic E-state index is 13.0. The molecule has 1 amide bonds. The van der Waals surface area contributed by atoms with Gasteiger partial charge in [0.2, 0.25) is 0 Å². The lowest BCUT2D eigenvalue weighted by molar-refractivity contribution is 0.0725. The molecule has 31 heavy (non-hydrogen) atoms. The van der Waals surface area contributed by atoms with E-state index in [0.29, 0.717) is 31.1 Å². The number of amides is 1. The molecular weight excluding hydrogens is 415 g/mol. The molecule has 156 valence electrons. The number of hydrogen-bond acceptors (Lipinski definition) is 6. The van der Waals surface area contributed by atoms with Crippen LogP contribution in [0, 0.1) is 5.82 Å². The van der Waals surface area contributed by atoms with Crippen LogP contribution in [0.25, 0.3) is 0 Å². The monoisotopic (exact) mass is 434 g/mol. The third kappa shape index (κ3) is 5.70. The van der Waals surface area contributed by atoms with Crippen LogP contribution in [0.3, 0.4) is 0 Å². The minimum absolute atomic E-state index is 0.186. The van der Waals surface area contributed by atoms with Crippen LogP contribution >= 0.6 is 11.7 Å². The second kappa shape index (κ2) is 9.90. The first-order valence-electron chi connectivity index (χ1n) is 9.59. The van der Waals surface area contributed by atoms with Crippen molar-refractivity contribution in [2.45, 2.75) is 19.7 Å². The van der Waals surface area contributed by atoms with Crippen molar-refractivity contribution in [1.29, 1.82) is 0 Å². The molecule has 0 unspecified atom stereocenters. The highest BCUT2D eigenvalue weighted by Gasteiger charge is 2.19. The average Bonchev–Trinajstić information content (AvgIpc) is 3.34. The summed E-state index contributed by atoms with van der Waals surface area (Å²) in [6.45, 7) is 1.17. The largest absolute Gasteiger partial charge is 0.489 e. The highest BCUT2D eigenvalue weighted by Crippen LogP contribution is 2.18. The highest BCUT2D eigenvalue weighted by molar-refractivity contribution is 6.99. The van der Waals surface area contributed by atoms with Crippen molar-refractivity contribution in [2.24, 2.45) is 0 Å². The number of pyridine rings is 1. The van der Waals surface area contributed by atoms with Gasteiger partial charge in [-0.2, -0.15) is 8.75 Å². The van der Waals surface area contributed by atoms with E-state index in [2.05, 4.69) is 13.7 Å². The van der Waals surface area contributed by atoms with Crippen LogP contribution in [-0.4, -0.2) is 24.5 Å². The van der Waals surface area contributed by atoms with Crippen LogP contribution in [-0.2, 0) is 19.7 Å². The Morgan fingerprint density at radius 3 is 2.35 bits per heavy atom. The summed E-state index contributed by atoms with van der Waals surface area (Å²) in [7, 11) is 0. The third-order valence-electron chi connectivity index (χ3n) is 4.58. The summed E-state index contributed by atoms with van der Waals surface area (Å²) in [4.78, 5) is 18.8. The van der Waals surface area contributed by atoms with Crippen LogP contribution in [0.4, 0.5) is 4.39 Å². The quantitative estimate of drug-likeness (QED) is 0.409. The van der Waals surface area contributed by atoms with E-state index in [1.54, 1.807) is 29.4 Å². The number of carbonyl (C=O) groups excluding carboxylic acids is 1. The first kappa shape index (κ1) is 20.6. The van der Waals surface area contributed by atoms with Gasteiger partial charge in [-0.25, -0.2) is 4.39 Å². The lowest BCUT2D eigenvalue weighted by Crippen LogP contribution is -2.30. The molecule has 0 N–H and O–H groups in total. The molecule has 4 aromatic rings. The van der Waals surface area contributed by atoms with Gasteiger partial charge in [0.15, 0.2) is 5.69 Å². The van der Waals surface area contributed by atoms with E-state index in [4.69, 9.17) is 4.74 Å². The lowest BCUT2D eigenvalue weighted by Gasteiger charge is -2.22. The molecule has 0 bridgehead atoms. The number of ether oxygens (including phenoxy) is 1. The maximum Gasteiger partial charge on any atom is 0.275 e. The summed E-state index contributed by atoms with van der Waals surface area (Å²) in [5, 5.41) is 0. The smallest absolute Gasteiger partial charge is 0.275 e. The molecule has 0 aliphatic heterocycles. The van der Waals surface area contributed by atoms with Crippen molar-refractivity contribution in [2.75, 3.05) is 0 Å². The average molecular weight is 434 g/mol. The van der Waals surface area contributed by atoms with Crippen LogP contribution in [0.2, 0.25) is 0 Å². The number of hydrogen-bond donors (Lipinski definition) is 0. The Morgan fingerprint density at radius 1 is 0.935 bits per heavy atom. The van der Waals surface area contributed by atoms with Gasteiger partial charge in [-0.05, 0) is 47.0 Å². The lowest BCUT2D eigenvalue weighted by atomic mass is 10.1. The minimum atomic E-state index is -0.271. The van der Waals surface area contributed by atoms with E-state index in [-0.39, 0.29) is 11.7 Å². The van der Waals surface area contributed by atoms with Crippen molar-refractivity contribution >= 4 is 17.6 Å². The summed E-state index contributed by atoms with van der Waals surface area (Å²) < 4.78 is 26.8. The van der Waals surface area contributed by atoms with Gasteiger partial charge in [0.25, 0.3) is 5.91 Å². The molecule has 2 aromatic carbocycles. The molecule has 0 saturated carbocycles. The van der Waals surface area contributed by atoms with Crippen LogP contribution in [0.1, 0.15) is 27.2 Å². The summed E-state index contributed by atoms with van der Waals surface area (Å²) in [6, 6.07) is 17.5. The maximum absolute atomic E-state index is 13.0. The zero-order valence-corrected chi connectivity index (χ0v) is 17.3. The summed E-state index contributed by atoms with van der Waals surface area (Å²) in [5.74, 6) is 0.239. The van der Waals surface area contributed by atoms with E-state index in [0.717, 1.165) is 28.4 Å². The Hall–Kier alpha value is -3.65. The summed E-state index contributed by atoms with van der Waals surface area (Å²) >= 11 is 1.01. The summed E-state index contributed by atoms with van der Waals surface area (Å²) in [6.07, 6.45) is 4.92. The van der Waals surface area contributed by atoms with Gasteiger partial charge in [-0.15, -0.1) is 0 Å². The van der Waals surface area contributed by atoms with Crippen LogP contribution < -0.4 is 4.74 Å². The standard InChI is InChI=1S/C23H19FN4O2S/c24-20-7-3-18(4-8-20)16-30-21-9-5-17(6-10-21)14-28(15-19-2-1-11-25-12-19)23(29)22-13-26-31-27-22/h1-13H,14-16H2. The van der Waals surface area contributed by atoms with E-state index < -0.39 is 0 Å². The van der Waals surface area contributed by atoms with Crippen LogP contribution in [0.5, 0.6) is 5.75 Å². The normalized spacial score (nSPS) is 10.6. The fourth-order valence-corrected chi connectivity index (χ4v) is 3.40. The Morgan fingerprint density at radius 2 is 1.68 bits per heavy atom. The predicted octanol–water partition coefficient (Wildman–Crippen LogP) is 4.49. The second-order valence-electron chi connectivity index (χ2n) is 6.87. The van der Waals surface area contributed by atoms with Gasteiger partial charge < -0.3 is 9.64 Å². The molecule has 0 aliphatic carbocycles. The second-order valence-corrected chi connectivity index (χ2v) is 7.43. The van der Waals surface area contributed by atoms with Crippen molar-refractivity contribution in [1.82, 2.24) is 18.6 Å². The molecule has 2 aromatic heterocycles. The number of halogens is 1. The Kier molecular flexibility index (Phi) is 6.59. The van der Waals surface area contributed by atoms with E-state index in [9.17, 15) is 9.18 Å². The Bertz CT molecular complexity index is 1100. The topological polar surface area (TPSA) is 68.2 Å². The Balaban J connectivity index is 1.43. The zero-order valence-electron chi connectivity index (χ0n) is 16.5. The van der Waals surface area contributed by atoms with Gasteiger partial charge >= 0.3 is 0 Å². The molecule has 2 heterocycles. The van der Waals surface area contributed by atoms with E-state index in [1.165, 1.54) is 18.3 Å². The third-order valence-corrected chi connectivity index (χ3v) is 5.06. The summed E-state index contributed by atoms with van der Waals surface area (Å²) in [5.41, 5.74) is 3.09. The van der Waals surface area contributed by atoms with Crippen molar-refractivity contribution in [3.05, 3.63) is 107 Å². The van der Waals surface area contributed by atoms with Crippen molar-refractivity contribution < 1.29 is 13.9 Å². The first-order chi connectivity index (χ1) is 15.2. The molecule has 0 fully saturated rings. The molecule has 0 aliphatic rings. The fraction of sp³-hybridized carbons (Fsp3) is 0.130. The highest BCUT2D eigenvalue weighted by atomic mass is 32.1. The van der Waals surface area contributed by atoms with Gasteiger partial charge in [-0.1, -0.05) is 30.3 Å². The Labute approximate surface area is 183 Å². The molecule has 4 rings (SSSR count). The molecule has 0 radical (unpaired) electrons. The van der Waals surface area contributed by atoms with Crippen LogP contribution in [0.15, 0.2) is 79.3 Å². The molecule has 0 spiro atoms. The fourth-order valence-electron chi connectivity index (χ4n) is 2.99. The molecule has 0 atom stereocenters. The predicted molar refractivity (Wildman–Crippen MR) is 115 cm³/mol. The first-order valence-corrected chi connectivity index (χ1v) is 10.3. The zero-order chi connectivity index (χ0) is 21.5. The minimum Gasteiger partial charge on any atom is -0.489 e. The van der Waals surface area contributed by atoms with E-state index in [1.807, 2.05) is 36.4 Å². The SMILES string of the molecule is O=C(c1cnsn1)N(Cc1ccc(OCc2ccc(F)cc2)cc1)Cc1cccnc1. The number of nitrogens with zero attached hydrogens (tertiary/aromatic N) is 4. The number of benzene rings is 2. The van der Waals surface area contributed by atoms with Crippen molar-refractivity contribution in [3.8, 4) is 5.75 Å². The van der Waals surface area contributed by atoms with Gasteiger partial charge in [0, 0.05) is 25.5 Å². The molecule has 8 heteroatoms. The number of aromatic nitrogens is 3. The van der Waals surface area contributed by atoms with Gasteiger partial charge in [0.05, 0.1) is 17.9 Å². The number of rotatable bonds is 8. The molecule has 6 nitrogen and oxygen atoms in total. The van der Waals surface area contributed by atoms with E-state index >= 15 is 0 Å². The molecule has 0 saturated heterocycles.